The topological polar surface area (TPSA) is 51.0 Å². The molecule has 0 unspecified atom stereocenters. The van der Waals surface area contributed by atoms with Crippen molar-refractivity contribution >= 4 is 10.9 Å². The van der Waals surface area contributed by atoms with Crippen LogP contribution in [-0.4, -0.2) is 4.98 Å². The van der Waals surface area contributed by atoms with E-state index in [1.165, 1.54) is 6.07 Å². The van der Waals surface area contributed by atoms with Crippen molar-refractivity contribution in [2.45, 2.75) is 6.61 Å². The van der Waals surface area contributed by atoms with Gasteiger partial charge in [0.2, 0.25) is 0 Å². The molecule has 4 heteroatoms. The number of rotatable bonds is 2. The van der Waals surface area contributed by atoms with E-state index in [0.717, 1.165) is 10.9 Å². The maximum Gasteiger partial charge on any atom is 0.147 e. The predicted molar refractivity (Wildman–Crippen MR) is 47.2 cm³/mol. The number of aromatic amines is 1. The van der Waals surface area contributed by atoms with E-state index >= 15 is 0 Å². The minimum Gasteiger partial charge on any atom is -0.358 e. The zero-order chi connectivity index (χ0) is 9.26. The molecule has 13 heavy (non-hydrogen) atoms. The molecule has 0 bridgehead atoms. The van der Waals surface area contributed by atoms with E-state index in [0.29, 0.717) is 5.52 Å². The quantitative estimate of drug-likeness (QED) is 0.691. The standard InChI is InChI=1S/C9H9FN2O/c10-8-3-1-2-7-6(5-13-11)4-12-9(7)8/h1-4,12H,5,11H2. The summed E-state index contributed by atoms with van der Waals surface area (Å²) < 4.78 is 13.1. The fourth-order valence-corrected chi connectivity index (χ4v) is 1.38. The molecule has 1 aromatic carbocycles. The maximum atomic E-state index is 13.1. The SMILES string of the molecule is NOCc1c[nH]c2c(F)cccc12. The molecule has 0 radical (unpaired) electrons. The van der Waals surface area contributed by atoms with Crippen molar-refractivity contribution in [2.75, 3.05) is 0 Å². The van der Waals surface area contributed by atoms with Crippen LogP contribution in [0.25, 0.3) is 10.9 Å². The average molecular weight is 180 g/mol. The molecule has 2 rings (SSSR count). The van der Waals surface area contributed by atoms with Crippen LogP contribution in [0.2, 0.25) is 0 Å². The number of para-hydroxylation sites is 1. The van der Waals surface area contributed by atoms with Gasteiger partial charge < -0.3 is 4.98 Å². The second kappa shape index (κ2) is 3.16. The molecule has 3 nitrogen and oxygen atoms in total. The van der Waals surface area contributed by atoms with Crippen LogP contribution in [0.1, 0.15) is 5.56 Å². The third-order valence-corrected chi connectivity index (χ3v) is 1.99. The van der Waals surface area contributed by atoms with E-state index in [1.807, 2.05) is 6.07 Å². The van der Waals surface area contributed by atoms with E-state index in [9.17, 15) is 4.39 Å². The molecule has 0 saturated carbocycles. The van der Waals surface area contributed by atoms with Gasteiger partial charge in [-0.1, -0.05) is 12.1 Å². The van der Waals surface area contributed by atoms with Crippen molar-refractivity contribution in [3.8, 4) is 0 Å². The molecule has 0 atom stereocenters. The van der Waals surface area contributed by atoms with Crippen molar-refractivity contribution < 1.29 is 9.23 Å². The zero-order valence-electron chi connectivity index (χ0n) is 6.88. The van der Waals surface area contributed by atoms with Crippen molar-refractivity contribution in [3.63, 3.8) is 0 Å². The molecule has 3 N–H and O–H groups in total. The molecule has 2 aromatic rings. The van der Waals surface area contributed by atoms with E-state index in [2.05, 4.69) is 9.82 Å². The highest BCUT2D eigenvalue weighted by molar-refractivity contribution is 5.83. The summed E-state index contributed by atoms with van der Waals surface area (Å²) >= 11 is 0. The molecule has 0 aliphatic rings. The Morgan fingerprint density at radius 1 is 1.46 bits per heavy atom. The largest absolute Gasteiger partial charge is 0.358 e. The molecular formula is C9H9FN2O. The van der Waals surface area contributed by atoms with Crippen molar-refractivity contribution in [2.24, 2.45) is 5.90 Å². The molecule has 0 amide bonds. The normalized spacial score (nSPS) is 10.9. The zero-order valence-corrected chi connectivity index (χ0v) is 6.88. The summed E-state index contributed by atoms with van der Waals surface area (Å²) in [7, 11) is 0. The lowest BCUT2D eigenvalue weighted by Crippen LogP contribution is -1.97. The van der Waals surface area contributed by atoms with Gasteiger partial charge in [0, 0.05) is 17.1 Å². The van der Waals surface area contributed by atoms with Crippen LogP contribution in [0.3, 0.4) is 0 Å². The minimum absolute atomic E-state index is 0.263. The van der Waals surface area contributed by atoms with E-state index in [4.69, 9.17) is 5.90 Å². The lowest BCUT2D eigenvalue weighted by Gasteiger charge is -1.95. The summed E-state index contributed by atoms with van der Waals surface area (Å²) in [5.41, 5.74) is 1.35. The lowest BCUT2D eigenvalue weighted by molar-refractivity contribution is 0.125. The van der Waals surface area contributed by atoms with Gasteiger partial charge in [-0.25, -0.2) is 10.3 Å². The van der Waals surface area contributed by atoms with Gasteiger partial charge in [-0.3, -0.25) is 4.84 Å². The Hall–Kier alpha value is -1.39. The Kier molecular flexibility index (Phi) is 2.00. The van der Waals surface area contributed by atoms with Gasteiger partial charge in [-0.05, 0) is 6.07 Å². The van der Waals surface area contributed by atoms with Crippen LogP contribution in [-0.2, 0) is 11.4 Å². The molecule has 68 valence electrons. The fourth-order valence-electron chi connectivity index (χ4n) is 1.38. The number of benzene rings is 1. The summed E-state index contributed by atoms with van der Waals surface area (Å²) in [5, 5.41) is 0.811. The Morgan fingerprint density at radius 3 is 3.08 bits per heavy atom. The Bertz CT molecular complexity index is 424. The second-order valence-electron chi connectivity index (χ2n) is 2.79. The van der Waals surface area contributed by atoms with Gasteiger partial charge in [0.05, 0.1) is 12.1 Å². The van der Waals surface area contributed by atoms with Crippen LogP contribution in [0.4, 0.5) is 4.39 Å². The molecule has 0 fully saturated rings. The summed E-state index contributed by atoms with van der Waals surface area (Å²) in [5.74, 6) is 4.68. The third kappa shape index (κ3) is 1.30. The number of H-pyrrole nitrogens is 1. The number of nitrogens with one attached hydrogen (secondary N) is 1. The molecule has 1 heterocycles. The average Bonchev–Trinajstić information content (AvgIpc) is 2.51. The summed E-state index contributed by atoms with van der Waals surface area (Å²) in [6.07, 6.45) is 1.70. The molecular weight excluding hydrogens is 171 g/mol. The first-order valence-electron chi connectivity index (χ1n) is 3.89. The highest BCUT2D eigenvalue weighted by atomic mass is 19.1. The molecule has 0 spiro atoms. The Labute approximate surface area is 74.3 Å². The second-order valence-corrected chi connectivity index (χ2v) is 2.79. The molecule has 0 aliphatic carbocycles. The summed E-state index contributed by atoms with van der Waals surface area (Å²) in [4.78, 5) is 7.32. The van der Waals surface area contributed by atoms with Gasteiger partial charge in [0.1, 0.15) is 5.82 Å². The monoisotopic (exact) mass is 180 g/mol. The summed E-state index contributed by atoms with van der Waals surface area (Å²) in [6, 6.07) is 4.89. The fraction of sp³-hybridized carbons (Fsp3) is 0.111. The maximum absolute atomic E-state index is 13.1. The van der Waals surface area contributed by atoms with Crippen LogP contribution in [0, 0.1) is 5.82 Å². The van der Waals surface area contributed by atoms with Gasteiger partial charge in [-0.15, -0.1) is 0 Å². The van der Waals surface area contributed by atoms with Crippen molar-refractivity contribution in [1.29, 1.82) is 0 Å². The first kappa shape index (κ1) is 8.22. The van der Waals surface area contributed by atoms with Crippen LogP contribution >= 0.6 is 0 Å². The summed E-state index contributed by atoms with van der Waals surface area (Å²) in [6.45, 7) is 0.281. The first-order valence-corrected chi connectivity index (χ1v) is 3.89. The highest BCUT2D eigenvalue weighted by Crippen LogP contribution is 2.20. The molecule has 0 aliphatic heterocycles. The molecule has 1 aromatic heterocycles. The van der Waals surface area contributed by atoms with E-state index in [-0.39, 0.29) is 12.4 Å². The molecule has 0 saturated heterocycles. The Balaban J connectivity index is 2.61. The number of halogens is 1. The first-order chi connectivity index (χ1) is 6.33. The van der Waals surface area contributed by atoms with Gasteiger partial charge >= 0.3 is 0 Å². The van der Waals surface area contributed by atoms with Crippen LogP contribution < -0.4 is 5.90 Å². The highest BCUT2D eigenvalue weighted by Gasteiger charge is 2.06. The Morgan fingerprint density at radius 2 is 2.31 bits per heavy atom. The van der Waals surface area contributed by atoms with Gasteiger partial charge in [-0.2, -0.15) is 0 Å². The minimum atomic E-state index is -0.263. The van der Waals surface area contributed by atoms with Crippen LogP contribution in [0.5, 0.6) is 0 Å². The van der Waals surface area contributed by atoms with Crippen LogP contribution in [0.15, 0.2) is 24.4 Å². The van der Waals surface area contributed by atoms with Crippen molar-refractivity contribution in [3.05, 3.63) is 35.8 Å². The van der Waals surface area contributed by atoms with Crippen molar-refractivity contribution in [1.82, 2.24) is 4.98 Å². The van der Waals surface area contributed by atoms with E-state index in [1.54, 1.807) is 12.3 Å². The lowest BCUT2D eigenvalue weighted by atomic mass is 10.2. The van der Waals surface area contributed by atoms with Gasteiger partial charge in [0.15, 0.2) is 0 Å². The number of hydrogen-bond acceptors (Lipinski definition) is 2. The third-order valence-electron chi connectivity index (χ3n) is 1.99. The smallest absolute Gasteiger partial charge is 0.147 e. The predicted octanol–water partition coefficient (Wildman–Crippen LogP) is 1.70. The van der Waals surface area contributed by atoms with Gasteiger partial charge in [0.25, 0.3) is 0 Å². The number of aromatic nitrogens is 1. The van der Waals surface area contributed by atoms with E-state index < -0.39 is 0 Å². The number of nitrogens with two attached hydrogens (primary N) is 1. The number of fused-ring (bicyclic) bond motifs is 1. The number of hydrogen-bond donors (Lipinski definition) is 2.